The minimum atomic E-state index is -4.46. The number of nitrogens with zero attached hydrogens (tertiary/aromatic N) is 1. The standard InChI is InChI=1S/C19H35NO7S/c1-2-3-4-5-6-7-8-9-15-27-16-10-13-20(14-17-28(24,25)26)18(21)11-12-19(22)23/h11-12H,2-10,13-17H2,1H3,(H,22,23)(H,24,25,26)/p-1/b12-11+. The molecule has 1 N–H and O–H groups in total. The first-order chi connectivity index (χ1) is 13.3. The highest BCUT2D eigenvalue weighted by Crippen LogP contribution is 2.08. The maximum Gasteiger partial charge on any atom is 0.328 e. The van der Waals surface area contributed by atoms with Gasteiger partial charge in [0, 0.05) is 38.5 Å². The maximum atomic E-state index is 11.9. The van der Waals surface area contributed by atoms with Crippen LogP contribution in [0.25, 0.3) is 0 Å². The fourth-order valence-corrected chi connectivity index (χ4v) is 3.04. The van der Waals surface area contributed by atoms with Gasteiger partial charge in [0.25, 0.3) is 0 Å². The fraction of sp³-hybridized carbons (Fsp3) is 0.789. The number of carbonyl (C=O) groups excluding carboxylic acids is 1. The van der Waals surface area contributed by atoms with Gasteiger partial charge in [-0.25, -0.2) is 13.2 Å². The SMILES string of the molecule is CCCCCCCCCCOCCCN(CCS(=O)(=O)[O-])C(=O)/C=C/C(=O)O. The van der Waals surface area contributed by atoms with Crippen LogP contribution in [0.5, 0.6) is 0 Å². The van der Waals surface area contributed by atoms with Crippen LogP contribution in [0.4, 0.5) is 0 Å². The van der Waals surface area contributed by atoms with Gasteiger partial charge in [-0.1, -0.05) is 51.9 Å². The van der Waals surface area contributed by atoms with Crippen LogP contribution in [-0.2, 0) is 24.4 Å². The van der Waals surface area contributed by atoms with Crippen molar-refractivity contribution >= 4 is 22.0 Å². The molecule has 28 heavy (non-hydrogen) atoms. The van der Waals surface area contributed by atoms with E-state index in [1.54, 1.807) is 0 Å². The molecule has 0 saturated heterocycles. The van der Waals surface area contributed by atoms with Gasteiger partial charge in [-0.2, -0.15) is 0 Å². The molecule has 0 unspecified atom stereocenters. The molecule has 0 aromatic carbocycles. The summed E-state index contributed by atoms with van der Waals surface area (Å²) >= 11 is 0. The summed E-state index contributed by atoms with van der Waals surface area (Å²) in [6.07, 6.45) is 11.7. The van der Waals surface area contributed by atoms with E-state index in [-0.39, 0.29) is 13.1 Å². The summed E-state index contributed by atoms with van der Waals surface area (Å²) in [6, 6.07) is 0. The number of hydrogen-bond acceptors (Lipinski definition) is 6. The van der Waals surface area contributed by atoms with Crippen molar-refractivity contribution in [1.29, 1.82) is 0 Å². The number of amides is 1. The Hall–Kier alpha value is -1.45. The number of carbonyl (C=O) groups is 2. The molecule has 9 heteroatoms. The van der Waals surface area contributed by atoms with Gasteiger partial charge in [0.2, 0.25) is 5.91 Å². The minimum absolute atomic E-state index is 0.190. The van der Waals surface area contributed by atoms with Crippen molar-refractivity contribution < 1.29 is 32.4 Å². The molecule has 0 saturated carbocycles. The van der Waals surface area contributed by atoms with E-state index >= 15 is 0 Å². The molecule has 8 nitrogen and oxygen atoms in total. The van der Waals surface area contributed by atoms with Crippen molar-refractivity contribution in [3.8, 4) is 0 Å². The number of aliphatic carboxylic acids is 1. The van der Waals surface area contributed by atoms with Crippen LogP contribution in [0.2, 0.25) is 0 Å². The Morgan fingerprint density at radius 1 is 0.929 bits per heavy atom. The summed E-state index contributed by atoms with van der Waals surface area (Å²) in [6.45, 7) is 3.16. The molecule has 0 aromatic heterocycles. The fourth-order valence-electron chi connectivity index (χ4n) is 2.60. The molecule has 0 spiro atoms. The van der Waals surface area contributed by atoms with E-state index in [0.717, 1.165) is 23.8 Å². The summed E-state index contributed by atoms with van der Waals surface area (Å²) in [4.78, 5) is 23.6. The van der Waals surface area contributed by atoms with Gasteiger partial charge in [-0.05, 0) is 12.8 Å². The molecule has 0 atom stereocenters. The molecule has 0 aliphatic heterocycles. The van der Waals surface area contributed by atoms with Gasteiger partial charge in [0.15, 0.2) is 0 Å². The second-order valence-electron chi connectivity index (χ2n) is 6.70. The molecular formula is C19H34NO7S-. The third-order valence-electron chi connectivity index (χ3n) is 4.15. The highest BCUT2D eigenvalue weighted by molar-refractivity contribution is 7.85. The van der Waals surface area contributed by atoms with E-state index in [1.807, 2.05) is 0 Å². The molecule has 0 heterocycles. The van der Waals surface area contributed by atoms with Crippen molar-refractivity contribution in [3.63, 3.8) is 0 Å². The van der Waals surface area contributed by atoms with Crippen molar-refractivity contribution in [2.75, 3.05) is 32.1 Å². The van der Waals surface area contributed by atoms with Gasteiger partial charge < -0.3 is 19.3 Å². The Morgan fingerprint density at radius 3 is 2.07 bits per heavy atom. The second kappa shape index (κ2) is 16.5. The van der Waals surface area contributed by atoms with Gasteiger partial charge >= 0.3 is 5.97 Å². The van der Waals surface area contributed by atoms with Crippen LogP contribution in [0.3, 0.4) is 0 Å². The third kappa shape index (κ3) is 17.9. The number of carboxylic acids is 1. The van der Waals surface area contributed by atoms with Crippen LogP contribution >= 0.6 is 0 Å². The molecular weight excluding hydrogens is 386 g/mol. The van der Waals surface area contributed by atoms with Crippen molar-refractivity contribution in [2.24, 2.45) is 0 Å². The van der Waals surface area contributed by atoms with Crippen molar-refractivity contribution in [3.05, 3.63) is 12.2 Å². The lowest BCUT2D eigenvalue weighted by atomic mass is 10.1. The topological polar surface area (TPSA) is 124 Å². The highest BCUT2D eigenvalue weighted by Gasteiger charge is 2.12. The Morgan fingerprint density at radius 2 is 1.50 bits per heavy atom. The van der Waals surface area contributed by atoms with Gasteiger partial charge in [-0.3, -0.25) is 4.79 Å². The molecule has 1 amide bonds. The minimum Gasteiger partial charge on any atom is -0.748 e. The quantitative estimate of drug-likeness (QED) is 0.205. The lowest BCUT2D eigenvalue weighted by Gasteiger charge is -2.22. The largest absolute Gasteiger partial charge is 0.748 e. The molecule has 0 radical (unpaired) electrons. The van der Waals surface area contributed by atoms with Gasteiger partial charge in [0.1, 0.15) is 0 Å². The first-order valence-electron chi connectivity index (χ1n) is 9.97. The van der Waals surface area contributed by atoms with Gasteiger partial charge in [0.05, 0.1) is 15.9 Å². The zero-order chi connectivity index (χ0) is 21.3. The Labute approximate surface area is 168 Å². The smallest absolute Gasteiger partial charge is 0.328 e. The summed E-state index contributed by atoms with van der Waals surface area (Å²) in [5.74, 6) is -2.63. The van der Waals surface area contributed by atoms with Crippen LogP contribution in [0, 0.1) is 0 Å². The van der Waals surface area contributed by atoms with E-state index < -0.39 is 27.7 Å². The van der Waals surface area contributed by atoms with Crippen LogP contribution in [0.1, 0.15) is 64.7 Å². The highest BCUT2D eigenvalue weighted by atomic mass is 32.2. The van der Waals surface area contributed by atoms with Crippen molar-refractivity contribution in [1.82, 2.24) is 4.90 Å². The lowest BCUT2D eigenvalue weighted by molar-refractivity contribution is -0.132. The van der Waals surface area contributed by atoms with Gasteiger partial charge in [-0.15, -0.1) is 0 Å². The number of hydrogen-bond donors (Lipinski definition) is 1. The Balaban J connectivity index is 3.97. The lowest BCUT2D eigenvalue weighted by Crippen LogP contribution is -2.35. The Kier molecular flexibility index (Phi) is 15.6. The summed E-state index contributed by atoms with van der Waals surface area (Å²) in [5, 5.41) is 8.57. The van der Waals surface area contributed by atoms with Crippen LogP contribution in [-0.4, -0.2) is 66.9 Å². The van der Waals surface area contributed by atoms with E-state index in [0.29, 0.717) is 25.7 Å². The first-order valence-corrected chi connectivity index (χ1v) is 11.5. The summed E-state index contributed by atoms with van der Waals surface area (Å²) in [5.41, 5.74) is 0. The summed E-state index contributed by atoms with van der Waals surface area (Å²) in [7, 11) is -4.46. The molecule has 164 valence electrons. The van der Waals surface area contributed by atoms with E-state index in [9.17, 15) is 22.6 Å². The molecule has 0 bridgehead atoms. The Bertz CT molecular complexity index is 561. The normalized spacial score (nSPS) is 11.8. The van der Waals surface area contributed by atoms with E-state index in [1.165, 1.54) is 38.5 Å². The molecule has 0 aliphatic carbocycles. The monoisotopic (exact) mass is 420 g/mol. The summed E-state index contributed by atoms with van der Waals surface area (Å²) < 4.78 is 37.8. The first kappa shape index (κ1) is 26.6. The molecule has 0 aromatic rings. The van der Waals surface area contributed by atoms with Crippen LogP contribution in [0.15, 0.2) is 12.2 Å². The molecule has 0 fully saturated rings. The van der Waals surface area contributed by atoms with Crippen LogP contribution < -0.4 is 0 Å². The molecule has 0 aliphatic rings. The number of rotatable bonds is 18. The second-order valence-corrected chi connectivity index (χ2v) is 8.22. The number of carboxylic acid groups (broad SMARTS) is 1. The van der Waals surface area contributed by atoms with Crippen molar-refractivity contribution in [2.45, 2.75) is 64.7 Å². The predicted molar refractivity (Wildman–Crippen MR) is 106 cm³/mol. The zero-order valence-corrected chi connectivity index (χ0v) is 17.6. The van der Waals surface area contributed by atoms with E-state index in [4.69, 9.17) is 9.84 Å². The molecule has 0 rings (SSSR count). The zero-order valence-electron chi connectivity index (χ0n) is 16.8. The number of ether oxygens (including phenoxy) is 1. The maximum absolute atomic E-state index is 11.9. The van der Waals surface area contributed by atoms with E-state index in [2.05, 4.69) is 6.92 Å². The average molecular weight is 421 g/mol. The number of unbranched alkanes of at least 4 members (excludes halogenated alkanes) is 7. The average Bonchev–Trinajstić information content (AvgIpc) is 2.62. The third-order valence-corrected chi connectivity index (χ3v) is 4.83. The predicted octanol–water partition coefficient (Wildman–Crippen LogP) is 2.55.